The van der Waals surface area contributed by atoms with Gasteiger partial charge in [-0.25, -0.2) is 17.6 Å². The van der Waals surface area contributed by atoms with Crippen LogP contribution in [0.25, 0.3) is 33.8 Å². The molecule has 55 heavy (non-hydrogen) atoms. The molecule has 3 fully saturated rings. The van der Waals surface area contributed by atoms with Gasteiger partial charge in [0.1, 0.15) is 35.6 Å². The number of anilines is 1. The summed E-state index contributed by atoms with van der Waals surface area (Å²) in [5.41, 5.74) is 0.906. The maximum atomic E-state index is 17.0. The van der Waals surface area contributed by atoms with Crippen LogP contribution in [0.2, 0.25) is 0 Å². The third kappa shape index (κ3) is 6.63. The van der Waals surface area contributed by atoms with Gasteiger partial charge in [-0.3, -0.25) is 14.7 Å². The van der Waals surface area contributed by atoms with E-state index in [9.17, 15) is 14.4 Å². The lowest BCUT2D eigenvalue weighted by atomic mass is 9.85. The zero-order chi connectivity index (χ0) is 38.3. The molecule has 0 bridgehead atoms. The van der Waals surface area contributed by atoms with Gasteiger partial charge in [-0.05, 0) is 43.5 Å². The van der Waals surface area contributed by atoms with Gasteiger partial charge in [0.25, 0.3) is 5.91 Å². The smallest absolute Gasteiger partial charge is 0.319 e. The van der Waals surface area contributed by atoms with Crippen molar-refractivity contribution in [3.63, 3.8) is 0 Å². The van der Waals surface area contributed by atoms with Crippen LogP contribution in [0, 0.1) is 29.5 Å². The topological polar surface area (TPSA) is 124 Å². The van der Waals surface area contributed by atoms with E-state index in [1.807, 2.05) is 6.07 Å². The Kier molecular flexibility index (Phi) is 9.65. The molecule has 1 aromatic carbocycles. The molecule has 0 N–H and O–H groups in total. The zero-order valence-electron chi connectivity index (χ0n) is 29.7. The number of carbonyl (C=O) groups excluding carboxylic acids is 1. The molecule has 1 amide bonds. The highest BCUT2D eigenvalue weighted by Crippen LogP contribution is 2.42. The molecule has 4 aromatic rings. The van der Waals surface area contributed by atoms with Crippen LogP contribution in [0.1, 0.15) is 48.9 Å². The van der Waals surface area contributed by atoms with Gasteiger partial charge in [0.15, 0.2) is 11.6 Å². The van der Waals surface area contributed by atoms with Gasteiger partial charge in [-0.2, -0.15) is 25.4 Å². The van der Waals surface area contributed by atoms with Crippen molar-refractivity contribution in [2.45, 2.75) is 56.3 Å². The normalized spacial score (nSPS) is 22.7. The molecule has 8 rings (SSSR count). The summed E-state index contributed by atoms with van der Waals surface area (Å²) in [6.45, 7) is 1.30. The third-order valence-corrected chi connectivity index (χ3v) is 11.0. The molecular weight excluding hydrogens is 714 g/mol. The number of aromatic nitrogens is 5. The average molecular weight is 750 g/mol. The minimum atomic E-state index is -1.06. The quantitative estimate of drug-likeness (QED) is 0.125. The highest BCUT2D eigenvalue weighted by atomic mass is 19.1. The molecule has 3 atom stereocenters. The van der Waals surface area contributed by atoms with E-state index < -0.39 is 41.1 Å². The molecule has 3 aliphatic heterocycles. The predicted octanol–water partition coefficient (Wildman–Crippen LogP) is 5.78. The second kappa shape index (κ2) is 14.7. The first kappa shape index (κ1) is 36.1. The summed E-state index contributed by atoms with van der Waals surface area (Å²) in [6, 6.07) is 9.42. The lowest BCUT2D eigenvalue weighted by Crippen LogP contribution is -2.55. The molecule has 6 heterocycles. The summed E-state index contributed by atoms with van der Waals surface area (Å²) >= 11 is 0. The number of halogens is 4. The number of ether oxygens (including phenoxy) is 1. The number of piperazine rings is 1. The number of aryl methyl sites for hydroxylation is 1. The Morgan fingerprint density at radius 2 is 2.00 bits per heavy atom. The number of carbonyl (C=O) groups is 1. The van der Waals surface area contributed by atoms with Crippen molar-refractivity contribution in [1.82, 2.24) is 34.9 Å². The number of alkyl halides is 1. The number of pyridine rings is 1. The lowest BCUT2D eigenvalue weighted by Gasteiger charge is -2.41. The van der Waals surface area contributed by atoms with Gasteiger partial charge in [0, 0.05) is 68.6 Å². The van der Waals surface area contributed by atoms with Crippen LogP contribution in [-0.2, 0) is 11.2 Å². The number of amides is 1. The van der Waals surface area contributed by atoms with Crippen LogP contribution in [0.15, 0.2) is 54.4 Å². The Bertz CT molecular complexity index is 2330. The average Bonchev–Trinajstić information content (AvgIpc) is 3.73. The van der Waals surface area contributed by atoms with Gasteiger partial charge in [-0.15, -0.1) is 6.42 Å². The van der Waals surface area contributed by atoms with Crippen LogP contribution < -0.4 is 9.64 Å². The van der Waals surface area contributed by atoms with Crippen molar-refractivity contribution >= 4 is 34.3 Å². The van der Waals surface area contributed by atoms with E-state index in [-0.39, 0.29) is 78.8 Å². The van der Waals surface area contributed by atoms with Gasteiger partial charge in [0.05, 0.1) is 40.7 Å². The van der Waals surface area contributed by atoms with E-state index in [2.05, 4.69) is 37.1 Å². The molecule has 280 valence electrons. The zero-order valence-corrected chi connectivity index (χ0v) is 29.7. The van der Waals surface area contributed by atoms with Crippen molar-refractivity contribution in [2.24, 2.45) is 0 Å². The highest BCUT2D eigenvalue weighted by Gasteiger charge is 2.49. The maximum Gasteiger partial charge on any atom is 0.319 e. The monoisotopic (exact) mass is 749 g/mol. The van der Waals surface area contributed by atoms with E-state index in [1.54, 1.807) is 23.1 Å². The Morgan fingerprint density at radius 3 is 2.80 bits per heavy atom. The van der Waals surface area contributed by atoms with E-state index in [4.69, 9.17) is 16.1 Å². The summed E-state index contributed by atoms with van der Waals surface area (Å²) in [5, 5.41) is 17.5. The molecule has 15 heteroatoms. The number of benzene rings is 1. The van der Waals surface area contributed by atoms with Crippen molar-refractivity contribution in [2.75, 3.05) is 44.2 Å². The van der Waals surface area contributed by atoms with Gasteiger partial charge < -0.3 is 14.5 Å². The third-order valence-electron chi connectivity index (χ3n) is 11.0. The van der Waals surface area contributed by atoms with Crippen molar-refractivity contribution < 1.29 is 27.1 Å². The molecule has 1 aliphatic carbocycles. The molecule has 0 spiro atoms. The van der Waals surface area contributed by atoms with Crippen molar-refractivity contribution in [3.8, 4) is 35.7 Å². The van der Waals surface area contributed by atoms with Crippen molar-refractivity contribution in [1.29, 1.82) is 5.26 Å². The summed E-state index contributed by atoms with van der Waals surface area (Å²) < 4.78 is 68.1. The molecule has 0 saturated carbocycles. The Balaban J connectivity index is 1.18. The van der Waals surface area contributed by atoms with Crippen LogP contribution in [0.5, 0.6) is 6.01 Å². The summed E-state index contributed by atoms with van der Waals surface area (Å²) in [5.74, 6) is -0.585. The fourth-order valence-electron chi connectivity index (χ4n) is 8.43. The number of hydrogen-bond donors (Lipinski definition) is 0. The number of allylic oxidation sites excluding steroid dienone is 2. The first-order valence-electron chi connectivity index (χ1n) is 18.1. The molecule has 3 saturated heterocycles. The molecule has 3 aromatic heterocycles. The first-order valence-corrected chi connectivity index (χ1v) is 18.1. The Morgan fingerprint density at radius 1 is 1.13 bits per heavy atom. The number of fused-ring (bicyclic) bond motifs is 3. The summed E-state index contributed by atoms with van der Waals surface area (Å²) in [4.78, 5) is 32.2. The Hall–Kier alpha value is -5.93. The number of rotatable bonds is 8. The van der Waals surface area contributed by atoms with E-state index in [0.29, 0.717) is 30.5 Å². The van der Waals surface area contributed by atoms with Gasteiger partial charge in [-0.1, -0.05) is 24.1 Å². The fraction of sp³-hybridized carbons (Fsp3) is 0.375. The van der Waals surface area contributed by atoms with E-state index >= 15 is 13.2 Å². The largest absolute Gasteiger partial charge is 0.461 e. The summed E-state index contributed by atoms with van der Waals surface area (Å²) in [6.07, 6.45) is 10.9. The first-order chi connectivity index (χ1) is 26.7. The van der Waals surface area contributed by atoms with Crippen molar-refractivity contribution in [3.05, 3.63) is 77.0 Å². The minimum Gasteiger partial charge on any atom is -0.461 e. The second-order valence-corrected chi connectivity index (χ2v) is 14.2. The second-order valence-electron chi connectivity index (χ2n) is 14.2. The standard InChI is InChI=1S/C40H35F4N9O2/c1-2-28-31(42)10-9-24-6-3-8-29(33(24)28)35-34(44)36-30(20-46-35)37(49-39(48-36)55-23-40-12-5-15-52(40)21-25(41)19-40)51-16-17-53(27(22-51)11-13-45)38(54)32(43)18-26-7-4-14-47-50-26/h1,3-4,6-8,14,18,20,25,27H,5,9-12,15-17,19,21-23H2/b32-18-/t25?,27?,40-/m0/s1. The number of terminal acetylenes is 1. The minimum absolute atomic E-state index is 0.00145. The van der Waals surface area contributed by atoms with Crippen LogP contribution in [-0.4, -0.2) is 97.9 Å². The number of nitrogens with zero attached hydrogens (tertiary/aromatic N) is 9. The lowest BCUT2D eigenvalue weighted by molar-refractivity contribution is -0.131. The molecule has 11 nitrogen and oxygen atoms in total. The van der Waals surface area contributed by atoms with Crippen LogP contribution >= 0.6 is 0 Å². The predicted molar refractivity (Wildman–Crippen MR) is 196 cm³/mol. The van der Waals surface area contributed by atoms with Gasteiger partial charge >= 0.3 is 6.01 Å². The molecule has 4 aliphatic rings. The summed E-state index contributed by atoms with van der Waals surface area (Å²) in [7, 11) is 0. The molecule has 0 radical (unpaired) electrons. The fourth-order valence-corrected chi connectivity index (χ4v) is 8.43. The highest BCUT2D eigenvalue weighted by molar-refractivity contribution is 5.97. The molecule has 2 unspecified atom stereocenters. The van der Waals surface area contributed by atoms with E-state index in [1.165, 1.54) is 23.4 Å². The Labute approximate surface area is 314 Å². The maximum absolute atomic E-state index is 17.0. The number of hydrogen-bond acceptors (Lipinski definition) is 10. The SMILES string of the molecule is C#CC1=C(F)CCc2cccc(-c3ncc4c(N5CCN(C(=O)/C(F)=C/c6cccnn6)C(CC#N)C5)nc(OC[C@@]56CCCN5CC(F)C6)nc4c3F)c21. The molecular formula is C40H35F4N9O2. The van der Waals surface area contributed by atoms with E-state index in [0.717, 1.165) is 31.0 Å². The number of nitriles is 1. The van der Waals surface area contributed by atoms with Crippen LogP contribution in [0.3, 0.4) is 0 Å². The van der Waals surface area contributed by atoms with Gasteiger partial charge in [0.2, 0.25) is 0 Å². The van der Waals surface area contributed by atoms with Crippen LogP contribution in [0.4, 0.5) is 23.4 Å².